The van der Waals surface area contributed by atoms with Crippen molar-refractivity contribution in [2.24, 2.45) is 0 Å². The van der Waals surface area contributed by atoms with Gasteiger partial charge in [0.15, 0.2) is 0 Å². The Bertz CT molecular complexity index is 950. The molecule has 7 nitrogen and oxygen atoms in total. The number of aromatic nitrogens is 3. The normalized spacial score (nSPS) is 13.4. The summed E-state index contributed by atoms with van der Waals surface area (Å²) in [6.07, 6.45) is 4.67. The molecule has 0 unspecified atom stereocenters. The van der Waals surface area contributed by atoms with E-state index in [1.807, 2.05) is 0 Å². The molecule has 0 atom stereocenters. The molecular formula is C19H17FN4O3. The summed E-state index contributed by atoms with van der Waals surface area (Å²) in [5.74, 6) is 0.498. The van der Waals surface area contributed by atoms with Crippen LogP contribution in [0.4, 0.5) is 4.39 Å². The van der Waals surface area contributed by atoms with Gasteiger partial charge >= 0.3 is 0 Å². The molecule has 1 saturated carbocycles. The summed E-state index contributed by atoms with van der Waals surface area (Å²) in [5.41, 5.74) is 2.06. The average Bonchev–Trinajstić information content (AvgIpc) is 3.42. The van der Waals surface area contributed by atoms with Gasteiger partial charge in [0.2, 0.25) is 0 Å². The summed E-state index contributed by atoms with van der Waals surface area (Å²) in [6, 6.07) is 6.44. The second kappa shape index (κ2) is 7.14. The molecule has 138 valence electrons. The smallest absolute Gasteiger partial charge is 0.270 e. The zero-order valence-corrected chi connectivity index (χ0v) is 14.6. The van der Waals surface area contributed by atoms with Crippen LogP contribution in [-0.2, 0) is 6.61 Å². The highest BCUT2D eigenvalue weighted by atomic mass is 19.1. The molecule has 4 rings (SSSR count). The van der Waals surface area contributed by atoms with Crippen LogP contribution in [0.25, 0.3) is 11.4 Å². The number of nitrogens with one attached hydrogen (secondary N) is 1. The number of ether oxygens (including phenoxy) is 1. The van der Waals surface area contributed by atoms with Crippen molar-refractivity contribution in [2.75, 3.05) is 0 Å². The van der Waals surface area contributed by atoms with Crippen LogP contribution in [0, 0.1) is 12.7 Å². The Morgan fingerprint density at radius 1 is 1.26 bits per heavy atom. The lowest BCUT2D eigenvalue weighted by molar-refractivity contribution is 0.0946. The maximum atomic E-state index is 13.1. The molecule has 27 heavy (non-hydrogen) atoms. The van der Waals surface area contributed by atoms with E-state index >= 15 is 0 Å². The summed E-state index contributed by atoms with van der Waals surface area (Å²) in [4.78, 5) is 20.1. The van der Waals surface area contributed by atoms with Gasteiger partial charge in [0.25, 0.3) is 5.91 Å². The monoisotopic (exact) mass is 368 g/mol. The summed E-state index contributed by atoms with van der Waals surface area (Å²) >= 11 is 0. The van der Waals surface area contributed by atoms with Crippen LogP contribution in [0.5, 0.6) is 5.75 Å². The van der Waals surface area contributed by atoms with Crippen molar-refractivity contribution in [3.8, 4) is 17.1 Å². The minimum atomic E-state index is -0.423. The van der Waals surface area contributed by atoms with E-state index in [0.717, 1.165) is 19.0 Å². The fourth-order valence-electron chi connectivity index (χ4n) is 2.52. The first-order valence-electron chi connectivity index (χ1n) is 8.57. The Labute approximate surface area is 154 Å². The molecular weight excluding hydrogens is 351 g/mol. The second-order valence-corrected chi connectivity index (χ2v) is 6.34. The van der Waals surface area contributed by atoms with Gasteiger partial charge in [0.1, 0.15) is 35.3 Å². The molecule has 1 aliphatic carbocycles. The van der Waals surface area contributed by atoms with Gasteiger partial charge in [-0.3, -0.25) is 9.78 Å². The van der Waals surface area contributed by atoms with E-state index in [1.54, 1.807) is 19.1 Å². The largest absolute Gasteiger partial charge is 0.487 e. The maximum Gasteiger partial charge on any atom is 0.270 e. The van der Waals surface area contributed by atoms with Crippen molar-refractivity contribution in [1.29, 1.82) is 0 Å². The van der Waals surface area contributed by atoms with Crippen molar-refractivity contribution >= 4 is 5.91 Å². The van der Waals surface area contributed by atoms with E-state index in [4.69, 9.17) is 9.26 Å². The number of pyridine rings is 2. The molecule has 0 saturated heterocycles. The number of carbonyl (C=O) groups excluding carboxylic acids is 1. The molecule has 1 amide bonds. The van der Waals surface area contributed by atoms with Crippen molar-refractivity contribution in [3.63, 3.8) is 0 Å². The van der Waals surface area contributed by atoms with Gasteiger partial charge in [-0.05, 0) is 44.0 Å². The molecule has 0 bridgehead atoms. The fourth-order valence-corrected chi connectivity index (χ4v) is 2.52. The Hall–Kier alpha value is -3.29. The van der Waals surface area contributed by atoms with E-state index in [0.29, 0.717) is 34.2 Å². The summed E-state index contributed by atoms with van der Waals surface area (Å²) in [6.45, 7) is 1.95. The van der Waals surface area contributed by atoms with E-state index in [9.17, 15) is 9.18 Å². The molecule has 0 spiro atoms. The highest BCUT2D eigenvalue weighted by Gasteiger charge is 2.24. The lowest BCUT2D eigenvalue weighted by atomic mass is 10.1. The van der Waals surface area contributed by atoms with Gasteiger partial charge < -0.3 is 14.6 Å². The Balaban J connectivity index is 1.45. The molecule has 0 radical (unpaired) electrons. The van der Waals surface area contributed by atoms with Crippen LogP contribution in [0.3, 0.4) is 0 Å². The lowest BCUT2D eigenvalue weighted by Gasteiger charge is -2.07. The SMILES string of the molecule is Cc1onc(-c2ccc(F)cn2)c1COc1ccc(C(=O)NC2CC2)nc1. The Morgan fingerprint density at radius 2 is 2.11 bits per heavy atom. The number of rotatable bonds is 6. The highest BCUT2D eigenvalue weighted by Crippen LogP contribution is 2.25. The fraction of sp³-hybridized carbons (Fsp3) is 0.263. The molecule has 1 N–H and O–H groups in total. The Morgan fingerprint density at radius 3 is 2.78 bits per heavy atom. The molecule has 0 aromatic carbocycles. The van der Waals surface area contributed by atoms with Crippen LogP contribution in [0.2, 0.25) is 0 Å². The third-order valence-electron chi connectivity index (χ3n) is 4.22. The van der Waals surface area contributed by atoms with Gasteiger partial charge in [-0.25, -0.2) is 9.37 Å². The minimum absolute atomic E-state index is 0.177. The Kier molecular flexibility index (Phi) is 4.53. The molecule has 3 heterocycles. The number of amides is 1. The molecule has 0 aliphatic heterocycles. The van der Waals surface area contributed by atoms with Crippen molar-refractivity contribution in [2.45, 2.75) is 32.4 Å². The number of carbonyl (C=O) groups is 1. The summed E-state index contributed by atoms with van der Waals surface area (Å²) < 4.78 is 24.1. The van der Waals surface area contributed by atoms with E-state index in [2.05, 4.69) is 20.4 Å². The van der Waals surface area contributed by atoms with E-state index < -0.39 is 5.82 Å². The third kappa shape index (κ3) is 3.94. The first kappa shape index (κ1) is 17.1. The predicted molar refractivity (Wildman–Crippen MR) is 93.5 cm³/mol. The molecule has 1 fully saturated rings. The second-order valence-electron chi connectivity index (χ2n) is 6.34. The maximum absolute atomic E-state index is 13.1. The number of nitrogens with zero attached hydrogens (tertiary/aromatic N) is 3. The van der Waals surface area contributed by atoms with Gasteiger partial charge in [0, 0.05) is 6.04 Å². The summed E-state index contributed by atoms with van der Waals surface area (Å²) in [5, 5.41) is 6.87. The standard InChI is InChI=1S/C19H17FN4O3/c1-11-15(18(24-27-11)16-6-2-12(20)8-21-16)10-26-14-5-7-17(22-9-14)19(25)23-13-3-4-13/h2,5-9,13H,3-4,10H2,1H3,(H,23,25). The third-order valence-corrected chi connectivity index (χ3v) is 4.22. The molecule has 3 aromatic rings. The van der Waals surface area contributed by atoms with Crippen molar-refractivity contribution < 1.29 is 18.4 Å². The zero-order valence-electron chi connectivity index (χ0n) is 14.6. The minimum Gasteiger partial charge on any atom is -0.487 e. The first-order chi connectivity index (χ1) is 13.1. The predicted octanol–water partition coefficient (Wildman–Crippen LogP) is 3.05. The molecule has 1 aliphatic rings. The summed E-state index contributed by atoms with van der Waals surface area (Å²) in [7, 11) is 0. The van der Waals surface area contributed by atoms with Crippen LogP contribution < -0.4 is 10.1 Å². The van der Waals surface area contributed by atoms with Gasteiger partial charge in [-0.1, -0.05) is 5.16 Å². The van der Waals surface area contributed by atoms with Gasteiger partial charge in [-0.15, -0.1) is 0 Å². The lowest BCUT2D eigenvalue weighted by Crippen LogP contribution is -2.26. The van der Waals surface area contributed by atoms with Crippen LogP contribution in [-0.4, -0.2) is 27.1 Å². The van der Waals surface area contributed by atoms with E-state index in [-0.39, 0.29) is 18.6 Å². The average molecular weight is 368 g/mol. The topological polar surface area (TPSA) is 90.1 Å². The van der Waals surface area contributed by atoms with Crippen molar-refractivity contribution in [1.82, 2.24) is 20.4 Å². The zero-order chi connectivity index (χ0) is 18.8. The van der Waals surface area contributed by atoms with Crippen LogP contribution in [0.1, 0.15) is 34.7 Å². The van der Waals surface area contributed by atoms with Gasteiger partial charge in [0.05, 0.1) is 23.7 Å². The van der Waals surface area contributed by atoms with Crippen molar-refractivity contribution in [3.05, 3.63) is 59.5 Å². The number of halogens is 1. The van der Waals surface area contributed by atoms with Crippen LogP contribution in [0.15, 0.2) is 41.2 Å². The number of hydrogen-bond donors (Lipinski definition) is 1. The highest BCUT2D eigenvalue weighted by molar-refractivity contribution is 5.92. The quantitative estimate of drug-likeness (QED) is 0.719. The molecule has 8 heteroatoms. The van der Waals surface area contributed by atoms with Gasteiger partial charge in [-0.2, -0.15) is 0 Å². The number of hydrogen-bond acceptors (Lipinski definition) is 6. The van der Waals surface area contributed by atoms with E-state index in [1.165, 1.54) is 18.3 Å². The first-order valence-corrected chi connectivity index (χ1v) is 8.57. The number of aryl methyl sites for hydroxylation is 1. The van der Waals surface area contributed by atoms with Crippen LogP contribution >= 0.6 is 0 Å². The molecule has 3 aromatic heterocycles.